The molecule has 170 valence electrons. The summed E-state index contributed by atoms with van der Waals surface area (Å²) in [6, 6.07) is 24.7. The highest BCUT2D eigenvalue weighted by atomic mass is 32.2. The number of pyridine rings is 1. The minimum atomic E-state index is -0.281. The number of thioether (sulfide) groups is 1. The van der Waals surface area contributed by atoms with Crippen molar-refractivity contribution in [3.05, 3.63) is 94.4 Å². The van der Waals surface area contributed by atoms with Crippen LogP contribution in [0.3, 0.4) is 0 Å². The molecule has 34 heavy (non-hydrogen) atoms. The van der Waals surface area contributed by atoms with E-state index >= 15 is 0 Å². The quantitative estimate of drug-likeness (QED) is 0.401. The van der Waals surface area contributed by atoms with Gasteiger partial charge in [-0.1, -0.05) is 48.5 Å². The molecule has 2 aromatic carbocycles. The minimum Gasteiger partial charge on any atom is -0.320 e. The lowest BCUT2D eigenvalue weighted by atomic mass is 10.1. The summed E-state index contributed by atoms with van der Waals surface area (Å²) in [4.78, 5) is 30.2. The van der Waals surface area contributed by atoms with E-state index in [1.54, 1.807) is 24.7 Å². The molecule has 2 aromatic heterocycles. The summed E-state index contributed by atoms with van der Waals surface area (Å²) in [6.07, 6.45) is 0.173. The second kappa shape index (κ2) is 10.2. The zero-order valence-corrected chi connectivity index (χ0v) is 19.7. The molecule has 2 heterocycles. The van der Waals surface area contributed by atoms with Crippen LogP contribution in [-0.2, 0) is 11.8 Å². The van der Waals surface area contributed by atoms with Gasteiger partial charge in [0.15, 0.2) is 0 Å². The van der Waals surface area contributed by atoms with Gasteiger partial charge in [-0.25, -0.2) is 9.67 Å². The van der Waals surface area contributed by atoms with E-state index in [2.05, 4.69) is 16.4 Å². The average molecular weight is 470 g/mol. The molecule has 0 atom stereocenters. The van der Waals surface area contributed by atoms with Gasteiger partial charge in [0.2, 0.25) is 5.91 Å². The second-order valence-electron chi connectivity index (χ2n) is 7.61. The van der Waals surface area contributed by atoms with Gasteiger partial charge in [-0.2, -0.15) is 5.26 Å². The van der Waals surface area contributed by atoms with Crippen LogP contribution in [0.25, 0.3) is 16.9 Å². The first kappa shape index (κ1) is 23.1. The zero-order chi connectivity index (χ0) is 24.1. The van der Waals surface area contributed by atoms with Gasteiger partial charge in [0.1, 0.15) is 16.8 Å². The number of carbonyl (C=O) groups excluding carboxylic acids is 1. The van der Waals surface area contributed by atoms with E-state index < -0.39 is 0 Å². The van der Waals surface area contributed by atoms with Gasteiger partial charge in [0, 0.05) is 24.8 Å². The Bertz CT molecular complexity index is 1420. The van der Waals surface area contributed by atoms with Crippen LogP contribution in [0.4, 0.5) is 5.69 Å². The lowest BCUT2D eigenvalue weighted by molar-refractivity contribution is -0.115. The van der Waals surface area contributed by atoms with Crippen LogP contribution in [0.15, 0.2) is 82.6 Å². The molecule has 4 aromatic rings. The van der Waals surface area contributed by atoms with Gasteiger partial charge in [-0.05, 0) is 31.2 Å². The topological polar surface area (TPSA) is 92.7 Å². The van der Waals surface area contributed by atoms with Gasteiger partial charge in [-0.3, -0.25) is 14.3 Å². The summed E-state index contributed by atoms with van der Waals surface area (Å²) < 4.78 is 3.25. The van der Waals surface area contributed by atoms with E-state index in [4.69, 9.17) is 0 Å². The van der Waals surface area contributed by atoms with Crippen LogP contribution < -0.4 is 10.9 Å². The molecular weight excluding hydrogens is 446 g/mol. The monoisotopic (exact) mass is 469 g/mol. The molecule has 0 aliphatic rings. The molecule has 4 rings (SSSR count). The van der Waals surface area contributed by atoms with Crippen LogP contribution in [0.5, 0.6) is 0 Å². The van der Waals surface area contributed by atoms with Crippen molar-refractivity contribution >= 4 is 23.4 Å². The minimum absolute atomic E-state index is 0.173. The van der Waals surface area contributed by atoms with Crippen molar-refractivity contribution in [3.63, 3.8) is 0 Å². The number of benzene rings is 2. The maximum Gasteiger partial charge on any atom is 0.295 e. The molecule has 1 N–H and O–H groups in total. The summed E-state index contributed by atoms with van der Waals surface area (Å²) in [6.45, 7) is 1.80. The largest absolute Gasteiger partial charge is 0.320 e. The maximum atomic E-state index is 13.0. The fourth-order valence-corrected chi connectivity index (χ4v) is 4.47. The first-order valence-corrected chi connectivity index (χ1v) is 11.7. The molecule has 0 unspecified atom stereocenters. The molecule has 8 heteroatoms. The third kappa shape index (κ3) is 4.80. The Morgan fingerprint density at radius 1 is 1.06 bits per heavy atom. The Kier molecular flexibility index (Phi) is 6.95. The van der Waals surface area contributed by atoms with E-state index in [1.807, 2.05) is 66.7 Å². The van der Waals surface area contributed by atoms with Gasteiger partial charge >= 0.3 is 0 Å². The number of nitriles is 1. The summed E-state index contributed by atoms with van der Waals surface area (Å²) >= 11 is 1.35. The second-order valence-corrected chi connectivity index (χ2v) is 8.69. The van der Waals surface area contributed by atoms with Crippen molar-refractivity contribution in [2.45, 2.75) is 18.4 Å². The van der Waals surface area contributed by atoms with E-state index in [-0.39, 0.29) is 23.6 Å². The SMILES string of the molecule is Cc1c(NC(=O)CCSc2nc(-c3ccccc3)ccc2C#N)c(=O)n(-c2ccccc2)n1C. The van der Waals surface area contributed by atoms with E-state index in [0.717, 1.165) is 16.9 Å². The molecule has 0 fully saturated rings. The summed E-state index contributed by atoms with van der Waals surface area (Å²) in [5, 5.41) is 12.8. The predicted molar refractivity (Wildman–Crippen MR) is 134 cm³/mol. The molecule has 0 saturated heterocycles. The van der Waals surface area contributed by atoms with Gasteiger partial charge < -0.3 is 5.32 Å². The van der Waals surface area contributed by atoms with Crippen molar-refractivity contribution in [2.24, 2.45) is 7.05 Å². The number of aromatic nitrogens is 3. The van der Waals surface area contributed by atoms with Gasteiger partial charge in [0.25, 0.3) is 5.56 Å². The Morgan fingerprint density at radius 2 is 1.74 bits per heavy atom. The molecule has 0 saturated carbocycles. The number of hydrogen-bond acceptors (Lipinski definition) is 5. The van der Waals surface area contributed by atoms with Crippen LogP contribution in [-0.4, -0.2) is 26.0 Å². The number of amides is 1. The molecule has 7 nitrogen and oxygen atoms in total. The van der Waals surface area contributed by atoms with Crippen molar-refractivity contribution in [1.82, 2.24) is 14.3 Å². The number of nitrogens with one attached hydrogen (secondary N) is 1. The Morgan fingerprint density at radius 3 is 2.41 bits per heavy atom. The maximum absolute atomic E-state index is 13.0. The highest BCUT2D eigenvalue weighted by Crippen LogP contribution is 2.26. The normalized spacial score (nSPS) is 10.6. The number of hydrogen-bond donors (Lipinski definition) is 1. The van der Waals surface area contributed by atoms with Crippen molar-refractivity contribution in [3.8, 4) is 23.0 Å². The molecule has 0 spiro atoms. The molecule has 0 radical (unpaired) electrons. The standard InChI is InChI=1S/C26H23N5O2S/c1-18-24(26(33)31(30(18)2)21-11-7-4-8-12-21)29-23(32)15-16-34-25-20(17-27)13-14-22(28-25)19-9-5-3-6-10-19/h3-14H,15-16H2,1-2H3,(H,29,32). The third-order valence-corrected chi connectivity index (χ3v) is 6.43. The van der Waals surface area contributed by atoms with Crippen LogP contribution in [0.1, 0.15) is 17.7 Å². The summed E-state index contributed by atoms with van der Waals surface area (Å²) in [5.41, 5.74) is 3.57. The van der Waals surface area contributed by atoms with E-state index in [0.29, 0.717) is 22.0 Å². The molecule has 0 aliphatic heterocycles. The van der Waals surface area contributed by atoms with Crippen molar-refractivity contribution in [2.75, 3.05) is 11.1 Å². The first-order valence-electron chi connectivity index (χ1n) is 10.7. The van der Waals surface area contributed by atoms with E-state index in [9.17, 15) is 14.9 Å². The van der Waals surface area contributed by atoms with Gasteiger partial charge in [0.05, 0.1) is 22.6 Å². The average Bonchev–Trinajstić information content (AvgIpc) is 3.08. The number of anilines is 1. The molecule has 0 aliphatic carbocycles. The summed E-state index contributed by atoms with van der Waals surface area (Å²) in [5.74, 6) is 0.154. The smallest absolute Gasteiger partial charge is 0.295 e. The van der Waals surface area contributed by atoms with Crippen LogP contribution in [0, 0.1) is 18.3 Å². The molecule has 1 amide bonds. The van der Waals surface area contributed by atoms with Crippen LogP contribution in [0.2, 0.25) is 0 Å². The number of para-hydroxylation sites is 1. The summed E-state index contributed by atoms with van der Waals surface area (Å²) in [7, 11) is 1.78. The highest BCUT2D eigenvalue weighted by Gasteiger charge is 2.18. The van der Waals surface area contributed by atoms with Crippen molar-refractivity contribution < 1.29 is 4.79 Å². The zero-order valence-electron chi connectivity index (χ0n) is 18.9. The number of carbonyl (C=O) groups is 1. The van der Waals surface area contributed by atoms with Gasteiger partial charge in [-0.15, -0.1) is 11.8 Å². The van der Waals surface area contributed by atoms with Crippen molar-refractivity contribution in [1.29, 1.82) is 5.26 Å². The third-order valence-electron chi connectivity index (χ3n) is 5.44. The Balaban J connectivity index is 1.45. The fourth-order valence-electron chi connectivity index (χ4n) is 3.56. The first-order chi connectivity index (χ1) is 16.5. The highest BCUT2D eigenvalue weighted by molar-refractivity contribution is 7.99. The fraction of sp³-hybridized carbons (Fsp3) is 0.154. The number of nitrogens with zero attached hydrogens (tertiary/aromatic N) is 4. The number of rotatable bonds is 7. The lowest BCUT2D eigenvalue weighted by Gasteiger charge is -2.07. The Labute approximate surface area is 201 Å². The lowest BCUT2D eigenvalue weighted by Crippen LogP contribution is -2.23. The Hall–Kier alpha value is -4.09. The molecule has 0 bridgehead atoms. The van der Waals surface area contributed by atoms with Crippen LogP contribution >= 0.6 is 11.8 Å². The van der Waals surface area contributed by atoms with E-state index in [1.165, 1.54) is 16.4 Å². The predicted octanol–water partition coefficient (Wildman–Crippen LogP) is 4.54. The molecular formula is C26H23N5O2S.